The Labute approximate surface area is 194 Å². The van der Waals surface area contributed by atoms with E-state index in [2.05, 4.69) is 6.92 Å². The van der Waals surface area contributed by atoms with Crippen LogP contribution in [0.25, 0.3) is 0 Å². The second-order valence-electron chi connectivity index (χ2n) is 10.4. The van der Waals surface area contributed by atoms with E-state index in [-0.39, 0.29) is 17.1 Å². The first-order chi connectivity index (χ1) is 15.7. The van der Waals surface area contributed by atoms with Crippen LogP contribution in [-0.4, -0.2) is 28.9 Å². The molecule has 5 rings (SSSR count). The lowest BCUT2D eigenvalue weighted by Gasteiger charge is -2.53. The van der Waals surface area contributed by atoms with Crippen LogP contribution in [0.2, 0.25) is 0 Å². The fourth-order valence-corrected chi connectivity index (χ4v) is 7.17. The van der Waals surface area contributed by atoms with Gasteiger partial charge in [0.1, 0.15) is 0 Å². The summed E-state index contributed by atoms with van der Waals surface area (Å²) in [6, 6.07) is 7.56. The van der Waals surface area contributed by atoms with Crippen LogP contribution in [0.4, 0.5) is 0 Å². The van der Waals surface area contributed by atoms with E-state index >= 15 is 0 Å². The Morgan fingerprint density at radius 3 is 2.33 bits per heavy atom. The average Bonchev–Trinajstić information content (AvgIpc) is 3.08. The third-order valence-corrected chi connectivity index (χ3v) is 8.85. The molecule has 3 saturated carbocycles. The SMILES string of the molecule is C[C@]12CC[C@H]3[C@@H](CCC4=CC(=O)CC[C@@H]43)[C@@H]1CC[C@@H]2O.O=C([O-])C(C(=O)[O-])c1ccccc1. The zero-order valence-electron chi connectivity index (χ0n) is 19.1. The highest BCUT2D eigenvalue weighted by molar-refractivity contribution is 5.97. The summed E-state index contributed by atoms with van der Waals surface area (Å²) in [7, 11) is 0. The van der Waals surface area contributed by atoms with E-state index in [0.717, 1.165) is 43.4 Å². The van der Waals surface area contributed by atoms with Gasteiger partial charge < -0.3 is 24.9 Å². The van der Waals surface area contributed by atoms with Gasteiger partial charge >= 0.3 is 0 Å². The molecule has 3 fully saturated rings. The van der Waals surface area contributed by atoms with Crippen molar-refractivity contribution in [1.29, 1.82) is 0 Å². The zero-order valence-corrected chi connectivity index (χ0v) is 19.1. The molecular formula is C27H32O6-2. The Bertz CT molecular complexity index is 923. The summed E-state index contributed by atoms with van der Waals surface area (Å²) in [5.74, 6) is -1.64. The number of ketones is 1. The quantitative estimate of drug-likeness (QED) is 0.699. The van der Waals surface area contributed by atoms with Crippen LogP contribution in [0.5, 0.6) is 0 Å². The number of carboxylic acid groups (broad SMARTS) is 2. The number of carbonyl (C=O) groups is 3. The van der Waals surface area contributed by atoms with Crippen molar-refractivity contribution in [2.24, 2.45) is 29.1 Å². The van der Waals surface area contributed by atoms with Crippen molar-refractivity contribution in [2.45, 2.75) is 70.3 Å². The molecule has 1 aromatic rings. The number of rotatable bonds is 3. The third kappa shape index (κ3) is 4.50. The highest BCUT2D eigenvalue weighted by Crippen LogP contribution is 2.61. The van der Waals surface area contributed by atoms with E-state index < -0.39 is 17.9 Å². The molecular weight excluding hydrogens is 420 g/mol. The summed E-state index contributed by atoms with van der Waals surface area (Å²) < 4.78 is 0. The number of carboxylic acids is 2. The molecule has 0 unspecified atom stereocenters. The van der Waals surface area contributed by atoms with Crippen LogP contribution in [0, 0.1) is 29.1 Å². The Morgan fingerprint density at radius 2 is 1.67 bits per heavy atom. The average molecular weight is 453 g/mol. The van der Waals surface area contributed by atoms with Crippen molar-refractivity contribution in [3.8, 4) is 0 Å². The monoisotopic (exact) mass is 452 g/mol. The van der Waals surface area contributed by atoms with E-state index in [9.17, 15) is 29.7 Å². The molecule has 0 aromatic heterocycles. The molecule has 6 heteroatoms. The van der Waals surface area contributed by atoms with E-state index in [1.807, 2.05) is 6.08 Å². The molecule has 6 atom stereocenters. The standard InChI is InChI=1S/C18H26O2.C9H8O4/c1-18-9-8-14-13-5-3-12(19)10-11(13)2-4-15(14)16(18)6-7-17(18)20;10-8(11)7(9(12)13)6-4-2-1-3-5-6/h10,13-17,20H,2-9H2,1H3;1-5,7H,(H,10,11)(H,12,13)/p-2/t13-,14+,15+,16-,17-,18-;/m0./s1. The Balaban J connectivity index is 0.000000174. The second-order valence-corrected chi connectivity index (χ2v) is 10.4. The van der Waals surface area contributed by atoms with E-state index in [1.54, 1.807) is 18.2 Å². The van der Waals surface area contributed by atoms with Crippen LogP contribution < -0.4 is 10.2 Å². The van der Waals surface area contributed by atoms with Crippen LogP contribution >= 0.6 is 0 Å². The first-order valence-corrected chi connectivity index (χ1v) is 12.1. The smallest absolute Gasteiger partial charge is 0.155 e. The van der Waals surface area contributed by atoms with Crippen LogP contribution in [0.15, 0.2) is 42.0 Å². The normalized spacial score (nSPS) is 34.8. The summed E-state index contributed by atoms with van der Waals surface area (Å²) in [6.07, 6.45) is 10.9. The van der Waals surface area contributed by atoms with Gasteiger partial charge in [-0.1, -0.05) is 42.8 Å². The van der Waals surface area contributed by atoms with E-state index in [0.29, 0.717) is 11.7 Å². The summed E-state index contributed by atoms with van der Waals surface area (Å²) in [4.78, 5) is 32.5. The molecule has 0 bridgehead atoms. The minimum absolute atomic E-state index is 0.0710. The summed E-state index contributed by atoms with van der Waals surface area (Å²) >= 11 is 0. The molecule has 0 radical (unpaired) electrons. The molecule has 0 saturated heterocycles. The molecule has 0 spiro atoms. The Kier molecular flexibility index (Phi) is 6.76. The summed E-state index contributed by atoms with van der Waals surface area (Å²) in [5.41, 5.74) is 1.81. The van der Waals surface area contributed by atoms with Gasteiger partial charge in [-0.05, 0) is 85.7 Å². The van der Waals surface area contributed by atoms with Gasteiger partial charge in [-0.15, -0.1) is 0 Å². The molecule has 0 amide bonds. The molecule has 33 heavy (non-hydrogen) atoms. The van der Waals surface area contributed by atoms with E-state index in [1.165, 1.54) is 43.4 Å². The summed E-state index contributed by atoms with van der Waals surface area (Å²) in [6.45, 7) is 2.33. The number of fused-ring (bicyclic) bond motifs is 5. The maximum absolute atomic E-state index is 11.6. The van der Waals surface area contributed by atoms with Gasteiger partial charge in [-0.2, -0.15) is 0 Å². The number of hydrogen-bond donors (Lipinski definition) is 1. The highest BCUT2D eigenvalue weighted by atomic mass is 16.4. The number of hydrogen-bond acceptors (Lipinski definition) is 6. The van der Waals surface area contributed by atoms with Crippen LogP contribution in [0.3, 0.4) is 0 Å². The number of benzene rings is 1. The Morgan fingerprint density at radius 1 is 0.970 bits per heavy atom. The minimum atomic E-state index is -1.69. The molecule has 0 aliphatic heterocycles. The molecule has 1 aromatic carbocycles. The number of allylic oxidation sites excluding steroid dienone is 1. The summed E-state index contributed by atoms with van der Waals surface area (Å²) in [5, 5.41) is 31.2. The topological polar surface area (TPSA) is 118 Å². The van der Waals surface area contributed by atoms with Gasteiger partial charge in [-0.3, -0.25) is 4.79 Å². The lowest BCUT2D eigenvalue weighted by Crippen LogP contribution is -2.47. The zero-order chi connectivity index (χ0) is 23.8. The van der Waals surface area contributed by atoms with Gasteiger partial charge in [0.05, 0.1) is 24.0 Å². The van der Waals surface area contributed by atoms with Gasteiger partial charge in [0.25, 0.3) is 0 Å². The highest BCUT2D eigenvalue weighted by Gasteiger charge is 2.55. The van der Waals surface area contributed by atoms with Crippen molar-refractivity contribution in [1.82, 2.24) is 0 Å². The fraction of sp³-hybridized carbons (Fsp3) is 0.593. The number of aliphatic hydroxyl groups is 1. The van der Waals surface area contributed by atoms with Gasteiger partial charge in [0.15, 0.2) is 5.78 Å². The maximum Gasteiger partial charge on any atom is 0.155 e. The molecule has 4 aliphatic carbocycles. The van der Waals surface area contributed by atoms with Crippen LogP contribution in [-0.2, 0) is 14.4 Å². The van der Waals surface area contributed by atoms with Crippen molar-refractivity contribution < 1.29 is 29.7 Å². The molecule has 4 aliphatic rings. The number of aliphatic carboxylic acids is 2. The largest absolute Gasteiger partial charge is 0.549 e. The lowest BCUT2D eigenvalue weighted by atomic mass is 9.52. The lowest BCUT2D eigenvalue weighted by molar-refractivity contribution is -0.326. The minimum Gasteiger partial charge on any atom is -0.549 e. The van der Waals surface area contributed by atoms with E-state index in [4.69, 9.17) is 0 Å². The number of aliphatic hydroxyl groups excluding tert-OH is 1. The predicted octanol–water partition coefficient (Wildman–Crippen LogP) is 1.76. The Hall–Kier alpha value is -2.47. The van der Waals surface area contributed by atoms with Gasteiger partial charge in [0.2, 0.25) is 0 Å². The molecule has 1 N–H and O–H groups in total. The van der Waals surface area contributed by atoms with Crippen molar-refractivity contribution in [3.05, 3.63) is 47.5 Å². The first-order valence-electron chi connectivity index (χ1n) is 12.1. The number of carbonyl (C=O) groups excluding carboxylic acids is 3. The molecule has 6 nitrogen and oxygen atoms in total. The predicted molar refractivity (Wildman–Crippen MR) is 117 cm³/mol. The van der Waals surface area contributed by atoms with Gasteiger partial charge in [-0.25, -0.2) is 0 Å². The van der Waals surface area contributed by atoms with Crippen molar-refractivity contribution in [2.75, 3.05) is 0 Å². The molecule has 178 valence electrons. The third-order valence-electron chi connectivity index (χ3n) is 8.85. The maximum atomic E-state index is 11.6. The van der Waals surface area contributed by atoms with Crippen LogP contribution in [0.1, 0.15) is 69.8 Å². The van der Waals surface area contributed by atoms with Crippen molar-refractivity contribution >= 4 is 17.7 Å². The van der Waals surface area contributed by atoms with Crippen molar-refractivity contribution in [3.63, 3.8) is 0 Å². The first kappa shape index (κ1) is 23.7. The molecule has 0 heterocycles. The van der Waals surface area contributed by atoms with Gasteiger partial charge in [0, 0.05) is 6.42 Å². The second kappa shape index (κ2) is 9.41. The fourth-order valence-electron chi connectivity index (χ4n) is 7.17.